The molecule has 3 nitrogen and oxygen atoms in total. The Morgan fingerprint density at radius 2 is 2.00 bits per heavy atom. The van der Waals surface area contributed by atoms with Gasteiger partial charge in [0.15, 0.2) is 0 Å². The van der Waals surface area contributed by atoms with Crippen LogP contribution < -0.4 is 10.1 Å². The van der Waals surface area contributed by atoms with Crippen molar-refractivity contribution in [3.8, 4) is 5.75 Å². The monoisotopic (exact) mass is 273 g/mol. The van der Waals surface area contributed by atoms with Gasteiger partial charge in [-0.1, -0.05) is 19.9 Å². The van der Waals surface area contributed by atoms with Crippen molar-refractivity contribution in [2.45, 2.75) is 33.2 Å². The molecule has 0 bridgehead atoms. The molecule has 1 aromatic carbocycles. The van der Waals surface area contributed by atoms with E-state index in [9.17, 15) is 0 Å². The summed E-state index contributed by atoms with van der Waals surface area (Å²) in [6.07, 6.45) is 2.58. The Morgan fingerprint density at radius 1 is 1.15 bits per heavy atom. The Balaban J connectivity index is 1.90. The number of benzene rings is 1. The number of hydrogen-bond acceptors (Lipinski definition) is 3. The second-order valence-corrected chi connectivity index (χ2v) is 5.56. The highest BCUT2D eigenvalue weighted by atomic mass is 16.5. The lowest BCUT2D eigenvalue weighted by atomic mass is 10.2. The summed E-state index contributed by atoms with van der Waals surface area (Å²) in [5.41, 5.74) is 1.07. The van der Waals surface area contributed by atoms with Crippen LogP contribution in [0.2, 0.25) is 0 Å². The van der Waals surface area contributed by atoms with E-state index in [2.05, 4.69) is 32.2 Å². The van der Waals surface area contributed by atoms with Crippen LogP contribution >= 0.6 is 0 Å². The van der Waals surface area contributed by atoms with E-state index in [0.717, 1.165) is 30.2 Å². The molecule has 2 rings (SSSR count). The quantitative estimate of drug-likeness (QED) is 0.814. The van der Waals surface area contributed by atoms with Gasteiger partial charge in [0.05, 0.1) is 12.9 Å². The van der Waals surface area contributed by atoms with Crippen molar-refractivity contribution in [1.29, 1.82) is 0 Å². The van der Waals surface area contributed by atoms with E-state index in [1.807, 2.05) is 30.3 Å². The van der Waals surface area contributed by atoms with Gasteiger partial charge in [-0.25, -0.2) is 0 Å². The van der Waals surface area contributed by atoms with E-state index in [0.29, 0.717) is 12.0 Å². The molecule has 0 aliphatic rings. The highest BCUT2D eigenvalue weighted by molar-refractivity contribution is 5.48. The number of nitrogens with one attached hydrogen (secondary N) is 1. The second kappa shape index (κ2) is 7.04. The van der Waals surface area contributed by atoms with Crippen molar-refractivity contribution in [3.63, 3.8) is 0 Å². The molecule has 1 atom stereocenters. The fraction of sp³-hybridized carbons (Fsp3) is 0.412. The Hall–Kier alpha value is -1.90. The van der Waals surface area contributed by atoms with Crippen molar-refractivity contribution in [3.05, 3.63) is 48.4 Å². The fourth-order valence-electron chi connectivity index (χ4n) is 2.00. The zero-order chi connectivity index (χ0) is 14.4. The summed E-state index contributed by atoms with van der Waals surface area (Å²) in [5.74, 6) is 2.44. The molecular weight excluding hydrogens is 250 g/mol. The van der Waals surface area contributed by atoms with E-state index < -0.39 is 0 Å². The molecular formula is C17H23NO2. The molecule has 3 heteroatoms. The zero-order valence-electron chi connectivity index (χ0n) is 12.4. The standard InChI is InChI=1S/C17H23NO2/c1-13(2)12-20-17-7-4-6-15(11-17)18-14(3)10-16-8-5-9-19-16/h4-9,11,13-14,18H,10,12H2,1-3H3. The summed E-state index contributed by atoms with van der Waals surface area (Å²) < 4.78 is 11.1. The summed E-state index contributed by atoms with van der Waals surface area (Å²) in [6, 6.07) is 12.3. The van der Waals surface area contributed by atoms with Gasteiger partial charge >= 0.3 is 0 Å². The first kappa shape index (κ1) is 14.5. The average Bonchev–Trinajstić information content (AvgIpc) is 2.89. The molecule has 0 saturated heterocycles. The van der Waals surface area contributed by atoms with Crippen LogP contribution in [0.15, 0.2) is 47.1 Å². The minimum Gasteiger partial charge on any atom is -0.493 e. The average molecular weight is 273 g/mol. The predicted molar refractivity (Wildman–Crippen MR) is 82.3 cm³/mol. The van der Waals surface area contributed by atoms with E-state index in [4.69, 9.17) is 9.15 Å². The molecule has 20 heavy (non-hydrogen) atoms. The van der Waals surface area contributed by atoms with Crippen LogP contribution in [0.1, 0.15) is 26.5 Å². The van der Waals surface area contributed by atoms with Gasteiger partial charge < -0.3 is 14.5 Å². The van der Waals surface area contributed by atoms with Gasteiger partial charge in [0.2, 0.25) is 0 Å². The van der Waals surface area contributed by atoms with Gasteiger partial charge in [-0.15, -0.1) is 0 Å². The van der Waals surface area contributed by atoms with Crippen LogP contribution in [0.25, 0.3) is 0 Å². The summed E-state index contributed by atoms with van der Waals surface area (Å²) in [5, 5.41) is 3.47. The molecule has 2 aromatic rings. The van der Waals surface area contributed by atoms with Crippen LogP contribution in [0.4, 0.5) is 5.69 Å². The zero-order valence-corrected chi connectivity index (χ0v) is 12.4. The molecule has 0 spiro atoms. The van der Waals surface area contributed by atoms with Gasteiger partial charge in [0, 0.05) is 24.2 Å². The minimum atomic E-state index is 0.307. The highest BCUT2D eigenvalue weighted by Gasteiger charge is 2.06. The Kier molecular flexibility index (Phi) is 5.10. The Labute approximate surface area is 121 Å². The summed E-state index contributed by atoms with van der Waals surface area (Å²) >= 11 is 0. The van der Waals surface area contributed by atoms with Gasteiger partial charge in [-0.3, -0.25) is 0 Å². The lowest BCUT2D eigenvalue weighted by molar-refractivity contribution is 0.271. The lowest BCUT2D eigenvalue weighted by Crippen LogP contribution is -2.17. The molecule has 1 N–H and O–H groups in total. The third-order valence-electron chi connectivity index (χ3n) is 2.92. The third kappa shape index (κ3) is 4.65. The maximum absolute atomic E-state index is 5.74. The van der Waals surface area contributed by atoms with E-state index >= 15 is 0 Å². The maximum Gasteiger partial charge on any atom is 0.121 e. The summed E-state index contributed by atoms with van der Waals surface area (Å²) in [7, 11) is 0. The number of ether oxygens (including phenoxy) is 1. The predicted octanol–water partition coefficient (Wildman–Crippen LogP) is 4.36. The first-order valence-corrected chi connectivity index (χ1v) is 7.15. The third-order valence-corrected chi connectivity index (χ3v) is 2.92. The number of rotatable bonds is 7. The van der Waals surface area contributed by atoms with Crippen LogP contribution in [0, 0.1) is 5.92 Å². The Morgan fingerprint density at radius 3 is 2.70 bits per heavy atom. The van der Waals surface area contributed by atoms with Gasteiger partial charge in [-0.2, -0.15) is 0 Å². The first-order chi connectivity index (χ1) is 9.63. The SMILES string of the molecule is CC(C)COc1cccc(NC(C)Cc2ccco2)c1. The molecule has 1 unspecified atom stereocenters. The molecule has 108 valence electrons. The molecule has 0 fully saturated rings. The van der Waals surface area contributed by atoms with Gasteiger partial charge in [-0.05, 0) is 37.1 Å². The molecule has 0 radical (unpaired) electrons. The first-order valence-electron chi connectivity index (χ1n) is 7.15. The fourth-order valence-corrected chi connectivity index (χ4v) is 2.00. The van der Waals surface area contributed by atoms with Crippen molar-refractivity contribution in [2.75, 3.05) is 11.9 Å². The minimum absolute atomic E-state index is 0.307. The van der Waals surface area contributed by atoms with Crippen molar-refractivity contribution in [2.24, 2.45) is 5.92 Å². The van der Waals surface area contributed by atoms with Crippen molar-refractivity contribution < 1.29 is 9.15 Å². The summed E-state index contributed by atoms with van der Waals surface area (Å²) in [6.45, 7) is 7.18. The van der Waals surface area contributed by atoms with Crippen LogP contribution in [-0.4, -0.2) is 12.6 Å². The molecule has 1 heterocycles. The highest BCUT2D eigenvalue weighted by Crippen LogP contribution is 2.19. The van der Waals surface area contributed by atoms with E-state index in [1.54, 1.807) is 6.26 Å². The van der Waals surface area contributed by atoms with Crippen molar-refractivity contribution in [1.82, 2.24) is 0 Å². The van der Waals surface area contributed by atoms with E-state index in [1.165, 1.54) is 0 Å². The number of furan rings is 1. The number of anilines is 1. The van der Waals surface area contributed by atoms with Crippen molar-refractivity contribution >= 4 is 5.69 Å². The summed E-state index contributed by atoms with van der Waals surface area (Å²) in [4.78, 5) is 0. The van der Waals surface area contributed by atoms with Gasteiger partial charge in [0.25, 0.3) is 0 Å². The van der Waals surface area contributed by atoms with E-state index in [-0.39, 0.29) is 0 Å². The second-order valence-electron chi connectivity index (χ2n) is 5.56. The molecule has 1 aromatic heterocycles. The lowest BCUT2D eigenvalue weighted by Gasteiger charge is -2.15. The molecule has 0 aliphatic carbocycles. The van der Waals surface area contributed by atoms with Gasteiger partial charge in [0.1, 0.15) is 11.5 Å². The topological polar surface area (TPSA) is 34.4 Å². The normalized spacial score (nSPS) is 12.4. The number of hydrogen-bond donors (Lipinski definition) is 1. The Bertz CT molecular complexity index is 505. The maximum atomic E-state index is 5.74. The van der Waals surface area contributed by atoms with Crippen LogP contribution in [-0.2, 0) is 6.42 Å². The smallest absolute Gasteiger partial charge is 0.121 e. The molecule has 0 saturated carbocycles. The largest absolute Gasteiger partial charge is 0.493 e. The van der Waals surface area contributed by atoms with Crippen LogP contribution in [0.3, 0.4) is 0 Å². The molecule has 0 aliphatic heterocycles. The van der Waals surface area contributed by atoms with Crippen LogP contribution in [0.5, 0.6) is 5.75 Å². The molecule has 0 amide bonds.